The molecule has 0 fully saturated rings. The normalized spacial score (nSPS) is 10.6. The molecule has 0 aliphatic rings. The molecular weight excluding hydrogens is 302 g/mol. The Bertz CT molecular complexity index is 641. The molecule has 0 amide bonds. The highest BCUT2D eigenvalue weighted by Crippen LogP contribution is 2.36. The van der Waals surface area contributed by atoms with E-state index in [9.17, 15) is 4.79 Å². The number of nitrogens with one attached hydrogen (secondary N) is 1. The Morgan fingerprint density at radius 1 is 1.22 bits per heavy atom. The van der Waals surface area contributed by atoms with E-state index in [0.717, 1.165) is 0 Å². The summed E-state index contributed by atoms with van der Waals surface area (Å²) < 4.78 is 5.31. The maximum atomic E-state index is 11.1. The molecule has 0 aliphatic heterocycles. The Morgan fingerprint density at radius 2 is 1.78 bits per heavy atom. The molecule has 2 rings (SSSR count). The van der Waals surface area contributed by atoms with Gasteiger partial charge in [0.25, 0.3) is 0 Å². The van der Waals surface area contributed by atoms with Crippen molar-refractivity contribution in [3.8, 4) is 0 Å². The molecule has 1 aromatic carbocycles. The number of hydrogen-bond acceptors (Lipinski definition) is 5. The van der Waals surface area contributed by atoms with Crippen molar-refractivity contribution in [1.82, 2.24) is 4.68 Å². The molecule has 1 aromatic heterocycles. The number of nitrogens with zero attached hydrogens (tertiary/aromatic N) is 1. The van der Waals surface area contributed by atoms with E-state index in [2.05, 4.69) is 9.73 Å². The van der Waals surface area contributed by atoms with Crippen LogP contribution in [0.5, 0.6) is 0 Å². The first kappa shape index (κ1) is 12.9. The SMILES string of the molecule is Nc1oc(=O)n(N)c1Nc1c(Cl)cc(Cl)cc1Cl. The average Bonchev–Trinajstić information content (AvgIpc) is 2.48. The van der Waals surface area contributed by atoms with E-state index in [4.69, 9.17) is 46.4 Å². The highest BCUT2D eigenvalue weighted by molar-refractivity contribution is 6.41. The lowest BCUT2D eigenvalue weighted by atomic mass is 10.3. The lowest BCUT2D eigenvalue weighted by molar-refractivity contribution is 0.516. The van der Waals surface area contributed by atoms with Crippen LogP contribution in [0.25, 0.3) is 0 Å². The largest absolute Gasteiger partial charge is 0.441 e. The molecule has 0 saturated carbocycles. The van der Waals surface area contributed by atoms with Crippen molar-refractivity contribution in [2.45, 2.75) is 0 Å². The van der Waals surface area contributed by atoms with Gasteiger partial charge in [0.15, 0.2) is 5.82 Å². The van der Waals surface area contributed by atoms with Crippen LogP contribution in [0.15, 0.2) is 21.3 Å². The van der Waals surface area contributed by atoms with E-state index >= 15 is 0 Å². The summed E-state index contributed by atoms with van der Waals surface area (Å²) in [4.78, 5) is 11.1. The lowest BCUT2D eigenvalue weighted by Gasteiger charge is -2.10. The van der Waals surface area contributed by atoms with Crippen LogP contribution >= 0.6 is 34.8 Å². The van der Waals surface area contributed by atoms with Gasteiger partial charge < -0.3 is 21.3 Å². The van der Waals surface area contributed by atoms with Gasteiger partial charge in [-0.1, -0.05) is 34.8 Å². The second-order valence-electron chi connectivity index (χ2n) is 3.32. The van der Waals surface area contributed by atoms with Gasteiger partial charge in [0.2, 0.25) is 5.88 Å². The van der Waals surface area contributed by atoms with E-state index < -0.39 is 5.76 Å². The van der Waals surface area contributed by atoms with Gasteiger partial charge in [0.1, 0.15) is 0 Å². The van der Waals surface area contributed by atoms with E-state index in [-0.39, 0.29) is 21.7 Å². The van der Waals surface area contributed by atoms with Crippen molar-refractivity contribution < 1.29 is 4.42 Å². The first-order chi connectivity index (χ1) is 8.40. The minimum Gasteiger partial charge on any atom is -0.388 e. The van der Waals surface area contributed by atoms with Crippen LogP contribution in [-0.2, 0) is 0 Å². The standard InChI is InChI=1S/C9H7Cl3N4O2/c10-3-1-4(11)6(5(12)2-3)15-8-7(13)18-9(17)16(8)14/h1-2,15H,13-14H2. The molecule has 1 heterocycles. The highest BCUT2D eigenvalue weighted by atomic mass is 35.5. The Morgan fingerprint density at radius 3 is 2.22 bits per heavy atom. The monoisotopic (exact) mass is 308 g/mol. The number of aromatic nitrogens is 1. The number of oxazole rings is 1. The molecule has 6 nitrogen and oxygen atoms in total. The second kappa shape index (κ2) is 4.64. The van der Waals surface area contributed by atoms with Crippen molar-refractivity contribution >= 4 is 52.2 Å². The van der Waals surface area contributed by atoms with E-state index in [1.54, 1.807) is 0 Å². The molecule has 5 N–H and O–H groups in total. The third kappa shape index (κ3) is 2.22. The molecule has 0 spiro atoms. The Hall–Kier alpha value is -1.50. The van der Waals surface area contributed by atoms with Gasteiger partial charge in [0, 0.05) is 5.02 Å². The summed E-state index contributed by atoms with van der Waals surface area (Å²) >= 11 is 17.7. The number of anilines is 3. The van der Waals surface area contributed by atoms with Gasteiger partial charge in [0.05, 0.1) is 15.7 Å². The zero-order valence-electron chi connectivity index (χ0n) is 8.71. The zero-order chi connectivity index (χ0) is 13.4. The van der Waals surface area contributed by atoms with Crippen LogP contribution in [0, 0.1) is 0 Å². The minimum atomic E-state index is -0.809. The first-order valence-corrected chi connectivity index (χ1v) is 5.71. The van der Waals surface area contributed by atoms with Crippen LogP contribution < -0.4 is 22.6 Å². The smallest absolute Gasteiger partial charge is 0.388 e. The third-order valence-corrected chi connectivity index (χ3v) is 2.93. The molecule has 0 aliphatic carbocycles. The van der Waals surface area contributed by atoms with Crippen LogP contribution in [0.2, 0.25) is 15.1 Å². The molecule has 0 atom stereocenters. The van der Waals surface area contributed by atoms with Gasteiger partial charge in [-0.05, 0) is 12.1 Å². The van der Waals surface area contributed by atoms with Crippen molar-refractivity contribution in [2.24, 2.45) is 0 Å². The van der Waals surface area contributed by atoms with Gasteiger partial charge >= 0.3 is 5.76 Å². The topological polar surface area (TPSA) is 99.2 Å². The Kier molecular flexibility index (Phi) is 3.34. The van der Waals surface area contributed by atoms with Crippen LogP contribution in [0.4, 0.5) is 17.4 Å². The maximum absolute atomic E-state index is 11.1. The Labute approximate surface area is 116 Å². The van der Waals surface area contributed by atoms with Gasteiger partial charge in [-0.3, -0.25) is 0 Å². The van der Waals surface area contributed by atoms with Gasteiger partial charge in [-0.2, -0.15) is 4.68 Å². The van der Waals surface area contributed by atoms with Crippen molar-refractivity contribution in [3.63, 3.8) is 0 Å². The molecular formula is C9H7Cl3N4O2. The number of benzene rings is 1. The Balaban J connectivity index is 2.50. The van der Waals surface area contributed by atoms with Crippen molar-refractivity contribution in [3.05, 3.63) is 37.8 Å². The maximum Gasteiger partial charge on any atom is 0.441 e. The minimum absolute atomic E-state index is 0.0473. The predicted molar refractivity (Wildman–Crippen MR) is 72.3 cm³/mol. The lowest BCUT2D eigenvalue weighted by Crippen LogP contribution is -2.23. The number of nitrogen functional groups attached to an aromatic ring is 2. The molecule has 2 aromatic rings. The number of hydrogen-bond donors (Lipinski definition) is 3. The van der Waals surface area contributed by atoms with Crippen LogP contribution in [-0.4, -0.2) is 4.68 Å². The summed E-state index contributed by atoms with van der Waals surface area (Å²) in [7, 11) is 0. The predicted octanol–water partition coefficient (Wildman–Crippen LogP) is 2.44. The van der Waals surface area contributed by atoms with E-state index in [1.807, 2.05) is 0 Å². The molecule has 18 heavy (non-hydrogen) atoms. The second-order valence-corrected chi connectivity index (χ2v) is 4.57. The summed E-state index contributed by atoms with van der Waals surface area (Å²) in [6, 6.07) is 2.96. The molecule has 0 saturated heterocycles. The van der Waals surface area contributed by atoms with Crippen LogP contribution in [0.3, 0.4) is 0 Å². The zero-order valence-corrected chi connectivity index (χ0v) is 11.0. The molecule has 9 heteroatoms. The summed E-state index contributed by atoms with van der Waals surface area (Å²) in [5, 5.41) is 3.60. The van der Waals surface area contributed by atoms with Crippen molar-refractivity contribution in [2.75, 3.05) is 16.9 Å². The molecule has 0 unspecified atom stereocenters. The molecule has 0 bridgehead atoms. The first-order valence-electron chi connectivity index (χ1n) is 4.58. The number of halogens is 3. The van der Waals surface area contributed by atoms with Crippen molar-refractivity contribution in [1.29, 1.82) is 0 Å². The van der Waals surface area contributed by atoms with E-state index in [1.165, 1.54) is 12.1 Å². The fourth-order valence-corrected chi connectivity index (χ4v) is 2.21. The average molecular weight is 310 g/mol. The molecule has 0 radical (unpaired) electrons. The highest BCUT2D eigenvalue weighted by Gasteiger charge is 2.16. The quantitative estimate of drug-likeness (QED) is 0.740. The van der Waals surface area contributed by atoms with E-state index in [0.29, 0.717) is 15.4 Å². The number of rotatable bonds is 2. The summed E-state index contributed by atoms with van der Waals surface area (Å²) in [6.45, 7) is 0. The fraction of sp³-hybridized carbons (Fsp3) is 0. The molecule has 96 valence electrons. The fourth-order valence-electron chi connectivity index (χ4n) is 1.30. The summed E-state index contributed by atoms with van der Waals surface area (Å²) in [6.07, 6.45) is 0. The summed E-state index contributed by atoms with van der Waals surface area (Å²) in [5.41, 5.74) is 5.79. The summed E-state index contributed by atoms with van der Waals surface area (Å²) in [5.74, 6) is 4.50. The van der Waals surface area contributed by atoms with Gasteiger partial charge in [-0.15, -0.1) is 0 Å². The number of nitrogens with two attached hydrogens (primary N) is 2. The van der Waals surface area contributed by atoms with Gasteiger partial charge in [-0.25, -0.2) is 4.79 Å². The third-order valence-electron chi connectivity index (χ3n) is 2.12. The van der Waals surface area contributed by atoms with Crippen LogP contribution in [0.1, 0.15) is 0 Å².